The van der Waals surface area contributed by atoms with Crippen LogP contribution in [0.15, 0.2) is 118 Å². The topological polar surface area (TPSA) is 44.8 Å². The van der Waals surface area contributed by atoms with Crippen molar-refractivity contribution in [2.75, 3.05) is 6.61 Å². The molecule has 0 amide bonds. The van der Waals surface area contributed by atoms with Gasteiger partial charge in [0.05, 0.1) is 16.7 Å². The van der Waals surface area contributed by atoms with Crippen LogP contribution in [-0.2, 0) is 9.09 Å². The molecule has 0 saturated heterocycles. The van der Waals surface area contributed by atoms with Crippen molar-refractivity contribution in [1.29, 1.82) is 0 Å². The zero-order valence-electron chi connectivity index (χ0n) is 34.4. The maximum absolute atomic E-state index is 13.7. The van der Waals surface area contributed by atoms with E-state index in [0.717, 1.165) is 70.6 Å². The Hall–Kier alpha value is -2.75. The van der Waals surface area contributed by atoms with E-state index in [1.807, 2.05) is 0 Å². The lowest BCUT2D eigenvalue weighted by atomic mass is 10.0. The average molecular weight is 798 g/mol. The highest BCUT2D eigenvalue weighted by atomic mass is 35.5. The number of para-hydroxylation sites is 2. The van der Waals surface area contributed by atoms with Crippen molar-refractivity contribution in [3.8, 4) is 11.5 Å². The Kier molecular flexibility index (Phi) is 23.7. The minimum atomic E-state index is -4.06. The molecule has 0 bridgehead atoms. The number of phosphoric acid groups is 1. The number of hydrogen-bond acceptors (Lipinski definition) is 4. The molecule has 0 fully saturated rings. The van der Waals surface area contributed by atoms with Crippen molar-refractivity contribution in [3.05, 3.63) is 128 Å². The van der Waals surface area contributed by atoms with Gasteiger partial charge in [0, 0.05) is 0 Å². The molecule has 0 aliphatic rings. The summed E-state index contributed by atoms with van der Waals surface area (Å²) in [6.07, 6.45) is 28.3. The number of benzene rings is 2. The van der Waals surface area contributed by atoms with Crippen LogP contribution in [0.1, 0.15) is 139 Å². The van der Waals surface area contributed by atoms with E-state index in [2.05, 4.69) is 91.8 Å². The summed E-state index contributed by atoms with van der Waals surface area (Å²) in [6, 6.07) is 13.6. The fourth-order valence-corrected chi connectivity index (χ4v) is 7.49. The van der Waals surface area contributed by atoms with Gasteiger partial charge in [-0.2, -0.15) is 0 Å². The van der Waals surface area contributed by atoms with Crippen LogP contribution in [0.2, 0.25) is 10.0 Å². The normalized spacial score (nSPS) is 13.9. The van der Waals surface area contributed by atoms with Gasteiger partial charge in [0.1, 0.15) is 0 Å². The molecule has 0 aliphatic carbocycles. The Labute approximate surface area is 339 Å². The molecular formula is C47H67Cl2O4P. The quantitative estimate of drug-likeness (QED) is 0.0702. The zero-order chi connectivity index (χ0) is 39.8. The number of phosphoric ester groups is 1. The first-order valence-corrected chi connectivity index (χ1v) is 22.0. The predicted molar refractivity (Wildman–Crippen MR) is 235 cm³/mol. The van der Waals surface area contributed by atoms with Crippen LogP contribution in [0.4, 0.5) is 0 Å². The third-order valence-corrected chi connectivity index (χ3v) is 11.3. The van der Waals surface area contributed by atoms with Gasteiger partial charge >= 0.3 is 7.82 Å². The summed E-state index contributed by atoms with van der Waals surface area (Å²) < 4.78 is 30.9. The monoisotopic (exact) mass is 796 g/mol. The van der Waals surface area contributed by atoms with Gasteiger partial charge < -0.3 is 9.05 Å². The molecule has 298 valence electrons. The molecule has 4 nitrogen and oxygen atoms in total. The van der Waals surface area contributed by atoms with Gasteiger partial charge in [-0.3, -0.25) is 4.52 Å². The van der Waals surface area contributed by atoms with Crippen LogP contribution in [0.5, 0.6) is 11.5 Å². The molecule has 0 N–H and O–H groups in total. The number of allylic oxidation sites excluding steroid dienone is 12. The van der Waals surface area contributed by atoms with Gasteiger partial charge in [-0.05, 0) is 162 Å². The van der Waals surface area contributed by atoms with E-state index in [-0.39, 0.29) is 18.1 Å². The second kappa shape index (κ2) is 27.0. The molecule has 54 heavy (non-hydrogen) atoms. The molecule has 1 unspecified atom stereocenters. The van der Waals surface area contributed by atoms with Crippen molar-refractivity contribution in [2.24, 2.45) is 5.92 Å². The van der Waals surface area contributed by atoms with Gasteiger partial charge in [-0.15, -0.1) is 0 Å². The van der Waals surface area contributed by atoms with Gasteiger partial charge in [-0.25, -0.2) is 4.57 Å². The third-order valence-electron chi connectivity index (χ3n) is 9.32. The minimum absolute atomic E-state index is 0.209. The molecule has 2 aromatic rings. The van der Waals surface area contributed by atoms with E-state index >= 15 is 0 Å². The highest BCUT2D eigenvalue weighted by Crippen LogP contribution is 2.52. The summed E-state index contributed by atoms with van der Waals surface area (Å²) in [5.74, 6) is 0.808. The number of halogens is 2. The van der Waals surface area contributed by atoms with E-state index in [9.17, 15) is 4.57 Å². The molecule has 0 aliphatic heterocycles. The summed E-state index contributed by atoms with van der Waals surface area (Å²) in [7, 11) is -4.06. The molecule has 2 aromatic carbocycles. The third kappa shape index (κ3) is 22.0. The van der Waals surface area contributed by atoms with Gasteiger partial charge in [0.2, 0.25) is 0 Å². The summed E-state index contributed by atoms with van der Waals surface area (Å²) in [4.78, 5) is 0. The van der Waals surface area contributed by atoms with E-state index in [1.165, 1.54) is 39.9 Å². The average Bonchev–Trinajstić information content (AvgIpc) is 3.10. The second-order valence-electron chi connectivity index (χ2n) is 15.0. The number of hydrogen-bond donors (Lipinski definition) is 0. The van der Waals surface area contributed by atoms with Crippen LogP contribution in [-0.4, -0.2) is 6.61 Å². The van der Waals surface area contributed by atoms with Gasteiger partial charge in [0.15, 0.2) is 11.5 Å². The maximum Gasteiger partial charge on any atom is 0.587 e. The summed E-state index contributed by atoms with van der Waals surface area (Å²) >= 11 is 12.5. The highest BCUT2D eigenvalue weighted by molar-refractivity contribution is 7.49. The Balaban J connectivity index is 1.67. The van der Waals surface area contributed by atoms with E-state index < -0.39 is 7.82 Å². The lowest BCUT2D eigenvalue weighted by Gasteiger charge is -2.21. The van der Waals surface area contributed by atoms with Crippen molar-refractivity contribution >= 4 is 31.0 Å². The molecule has 0 saturated carbocycles. The standard InChI is InChI=1S/C47H67Cl2O4P/c1-37(2)19-13-20-38(3)21-14-22-39(4)23-15-24-40(5)25-16-26-41(6)27-17-28-42(7)29-18-30-43(8)35-36-51-54(50,52-46-33-11-9-31-44(46)48)53-47-34-12-10-32-45(47)49/h9-12,19,21,23,25,27,29,31-34,43H,13-18,20,22,24,26,28,30,35-36H2,1-8H3/b38-21+,39-23+,40-25+,41-27+,42-29+. The molecular weight excluding hydrogens is 730 g/mol. The molecule has 0 radical (unpaired) electrons. The smallest absolute Gasteiger partial charge is 0.393 e. The zero-order valence-corrected chi connectivity index (χ0v) is 36.8. The molecule has 2 rings (SSSR count). The largest absolute Gasteiger partial charge is 0.587 e. The van der Waals surface area contributed by atoms with Gasteiger partial charge in [0.25, 0.3) is 0 Å². The molecule has 0 heterocycles. The van der Waals surface area contributed by atoms with Crippen molar-refractivity contribution in [1.82, 2.24) is 0 Å². The SMILES string of the molecule is CC(C)=CCC/C(C)=C/CC/C(C)=C/CC/C(C)=C/CC/C(C)=C/CC/C(C)=C/CCC(C)CCOP(=O)(Oc1ccccc1Cl)Oc1ccccc1Cl. The molecule has 7 heteroatoms. The Bertz CT molecular complexity index is 1590. The molecule has 0 spiro atoms. The Morgan fingerprint density at radius 2 is 0.907 bits per heavy atom. The van der Waals surface area contributed by atoms with Gasteiger partial charge in [-0.1, -0.05) is 124 Å². The van der Waals surface area contributed by atoms with Crippen molar-refractivity contribution in [3.63, 3.8) is 0 Å². The molecule has 1 atom stereocenters. The fraction of sp³-hybridized carbons (Fsp3) is 0.489. The predicted octanol–water partition coefficient (Wildman–Crippen LogP) is 17.0. The summed E-state index contributed by atoms with van der Waals surface area (Å²) in [6.45, 7) is 18.0. The van der Waals surface area contributed by atoms with E-state index in [4.69, 9.17) is 36.8 Å². The lowest BCUT2D eigenvalue weighted by Crippen LogP contribution is -2.08. The van der Waals surface area contributed by atoms with Crippen LogP contribution < -0.4 is 9.05 Å². The highest BCUT2D eigenvalue weighted by Gasteiger charge is 2.32. The first-order chi connectivity index (χ1) is 25.8. The van der Waals surface area contributed by atoms with Crippen molar-refractivity contribution < 1.29 is 18.1 Å². The van der Waals surface area contributed by atoms with Crippen molar-refractivity contribution in [2.45, 2.75) is 139 Å². The molecule has 0 aromatic heterocycles. The van der Waals surface area contributed by atoms with Crippen LogP contribution in [0.25, 0.3) is 0 Å². The van der Waals surface area contributed by atoms with E-state index in [0.29, 0.717) is 22.4 Å². The first-order valence-electron chi connectivity index (χ1n) is 19.8. The van der Waals surface area contributed by atoms with Crippen LogP contribution in [0, 0.1) is 5.92 Å². The minimum Gasteiger partial charge on any atom is -0.393 e. The Morgan fingerprint density at radius 3 is 1.28 bits per heavy atom. The maximum atomic E-state index is 13.7. The van der Waals surface area contributed by atoms with Crippen LogP contribution >= 0.6 is 31.0 Å². The second-order valence-corrected chi connectivity index (χ2v) is 17.4. The summed E-state index contributed by atoms with van der Waals surface area (Å²) in [5.41, 5.74) is 8.79. The number of rotatable bonds is 26. The van der Waals surface area contributed by atoms with Crippen LogP contribution in [0.3, 0.4) is 0 Å². The fourth-order valence-electron chi connectivity index (χ4n) is 5.76. The lowest BCUT2D eigenvalue weighted by molar-refractivity contribution is 0.196. The first kappa shape index (κ1) is 47.4. The van der Waals surface area contributed by atoms with E-state index in [1.54, 1.807) is 48.5 Å². The summed E-state index contributed by atoms with van der Waals surface area (Å²) in [5, 5.41) is 0.627. The Morgan fingerprint density at radius 1 is 0.556 bits per heavy atom.